The lowest BCUT2D eigenvalue weighted by Gasteiger charge is -2.10. The normalized spacial score (nSPS) is 12.0. The molecule has 0 fully saturated rings. The van der Waals surface area contributed by atoms with Crippen LogP contribution in [0.4, 0.5) is 15.8 Å². The van der Waals surface area contributed by atoms with Gasteiger partial charge in [0.1, 0.15) is 6.04 Å². The summed E-state index contributed by atoms with van der Waals surface area (Å²) in [4.78, 5) is 21.7. The third kappa shape index (κ3) is 3.20. The Hall–Kier alpha value is -2.81. The van der Waals surface area contributed by atoms with Crippen molar-refractivity contribution >= 4 is 17.3 Å². The summed E-state index contributed by atoms with van der Waals surface area (Å²) in [6, 6.07) is 2.07. The molecular weight excluding hydrogens is 281 g/mol. The van der Waals surface area contributed by atoms with E-state index in [4.69, 9.17) is 5.73 Å². The van der Waals surface area contributed by atoms with Crippen LogP contribution in [-0.4, -0.2) is 20.6 Å². The van der Waals surface area contributed by atoms with E-state index in [2.05, 4.69) is 10.4 Å². The van der Waals surface area contributed by atoms with E-state index in [1.54, 1.807) is 13.2 Å². The zero-order valence-corrected chi connectivity index (χ0v) is 11.0. The number of carbonyl (C=O) groups excluding carboxylic acids is 1. The molecule has 1 amide bonds. The molecular formula is C12H12FN5O3. The first-order chi connectivity index (χ1) is 9.88. The maximum atomic E-state index is 13.2. The SMILES string of the molecule is Cn1cc(C(N)C(=O)Nc2ccc(F)c([N+](=O)[O-])c2)cn1. The molecule has 8 nitrogen and oxygen atoms in total. The Bertz CT molecular complexity index is 700. The molecule has 1 unspecified atom stereocenters. The number of anilines is 1. The van der Waals surface area contributed by atoms with Crippen LogP contribution in [-0.2, 0) is 11.8 Å². The summed E-state index contributed by atoms with van der Waals surface area (Å²) in [5.74, 6) is -1.56. The second-order valence-electron chi connectivity index (χ2n) is 4.34. The van der Waals surface area contributed by atoms with Gasteiger partial charge in [-0.05, 0) is 12.1 Å². The van der Waals surface area contributed by atoms with Gasteiger partial charge in [0.25, 0.3) is 0 Å². The lowest BCUT2D eigenvalue weighted by molar-refractivity contribution is -0.387. The quantitative estimate of drug-likeness (QED) is 0.647. The van der Waals surface area contributed by atoms with Crippen molar-refractivity contribution in [2.75, 3.05) is 5.32 Å². The number of benzene rings is 1. The largest absolute Gasteiger partial charge is 0.324 e. The van der Waals surface area contributed by atoms with Gasteiger partial charge in [0, 0.05) is 30.6 Å². The molecule has 2 aromatic rings. The predicted octanol–water partition coefficient (Wildman–Crippen LogP) is 1.11. The number of nitrogens with one attached hydrogen (secondary N) is 1. The van der Waals surface area contributed by atoms with Gasteiger partial charge in [0.15, 0.2) is 0 Å². The first-order valence-corrected chi connectivity index (χ1v) is 5.87. The third-order valence-corrected chi connectivity index (χ3v) is 2.78. The van der Waals surface area contributed by atoms with Gasteiger partial charge >= 0.3 is 5.69 Å². The monoisotopic (exact) mass is 293 g/mol. The van der Waals surface area contributed by atoms with Crippen molar-refractivity contribution in [1.82, 2.24) is 9.78 Å². The van der Waals surface area contributed by atoms with Crippen LogP contribution in [0.1, 0.15) is 11.6 Å². The first-order valence-electron chi connectivity index (χ1n) is 5.87. The number of rotatable bonds is 4. The number of carbonyl (C=O) groups is 1. The van der Waals surface area contributed by atoms with Gasteiger partial charge in [-0.15, -0.1) is 0 Å². The topological polar surface area (TPSA) is 116 Å². The second-order valence-corrected chi connectivity index (χ2v) is 4.34. The fourth-order valence-electron chi connectivity index (χ4n) is 1.70. The number of hydrogen-bond donors (Lipinski definition) is 2. The van der Waals surface area contributed by atoms with Crippen LogP contribution in [0, 0.1) is 15.9 Å². The smallest absolute Gasteiger partial charge is 0.306 e. The van der Waals surface area contributed by atoms with Crippen molar-refractivity contribution in [3.05, 3.63) is 52.1 Å². The number of nitrogens with zero attached hydrogens (tertiary/aromatic N) is 3. The van der Waals surface area contributed by atoms with Crippen molar-refractivity contribution in [3.8, 4) is 0 Å². The van der Waals surface area contributed by atoms with Crippen LogP contribution in [0.5, 0.6) is 0 Å². The molecule has 0 aliphatic heterocycles. The zero-order valence-electron chi connectivity index (χ0n) is 11.0. The Kier molecular flexibility index (Phi) is 3.94. The molecule has 0 bridgehead atoms. The van der Waals surface area contributed by atoms with Gasteiger partial charge in [0.05, 0.1) is 11.1 Å². The van der Waals surface area contributed by atoms with E-state index in [9.17, 15) is 19.3 Å². The van der Waals surface area contributed by atoms with E-state index < -0.39 is 28.4 Å². The van der Waals surface area contributed by atoms with Crippen molar-refractivity contribution in [1.29, 1.82) is 0 Å². The van der Waals surface area contributed by atoms with Gasteiger partial charge < -0.3 is 11.1 Å². The molecule has 1 heterocycles. The van der Waals surface area contributed by atoms with Gasteiger partial charge in [-0.2, -0.15) is 9.49 Å². The van der Waals surface area contributed by atoms with E-state index in [1.807, 2.05) is 0 Å². The van der Waals surface area contributed by atoms with Crippen molar-refractivity contribution < 1.29 is 14.1 Å². The highest BCUT2D eigenvalue weighted by Crippen LogP contribution is 2.22. The molecule has 0 saturated heterocycles. The second kappa shape index (κ2) is 5.67. The Morgan fingerprint density at radius 3 is 2.86 bits per heavy atom. The average molecular weight is 293 g/mol. The Balaban J connectivity index is 2.16. The molecule has 1 atom stereocenters. The molecule has 9 heteroatoms. The highest BCUT2D eigenvalue weighted by Gasteiger charge is 2.20. The van der Waals surface area contributed by atoms with Crippen molar-refractivity contribution in [2.45, 2.75) is 6.04 Å². The highest BCUT2D eigenvalue weighted by atomic mass is 19.1. The molecule has 0 spiro atoms. The number of amides is 1. The van der Waals surface area contributed by atoms with Gasteiger partial charge in [-0.1, -0.05) is 0 Å². The molecule has 0 aliphatic rings. The molecule has 110 valence electrons. The lowest BCUT2D eigenvalue weighted by atomic mass is 10.1. The number of hydrogen-bond acceptors (Lipinski definition) is 5. The summed E-state index contributed by atoms with van der Waals surface area (Å²) < 4.78 is 14.7. The van der Waals surface area contributed by atoms with E-state index in [0.29, 0.717) is 5.56 Å². The minimum absolute atomic E-state index is 0.0902. The zero-order chi connectivity index (χ0) is 15.6. The fourth-order valence-corrected chi connectivity index (χ4v) is 1.70. The Labute approximate surface area is 118 Å². The van der Waals surface area contributed by atoms with E-state index >= 15 is 0 Å². The molecule has 1 aromatic heterocycles. The Morgan fingerprint density at radius 2 is 2.29 bits per heavy atom. The molecule has 0 aliphatic carbocycles. The van der Waals surface area contributed by atoms with E-state index in [1.165, 1.54) is 16.9 Å². The first kappa shape index (κ1) is 14.6. The third-order valence-electron chi connectivity index (χ3n) is 2.78. The number of nitrogens with two attached hydrogens (primary N) is 1. The van der Waals surface area contributed by atoms with Gasteiger partial charge in [-0.3, -0.25) is 19.6 Å². The molecule has 1 aromatic carbocycles. The van der Waals surface area contributed by atoms with E-state index in [-0.39, 0.29) is 5.69 Å². The minimum atomic E-state index is -0.984. The summed E-state index contributed by atoms with van der Waals surface area (Å²) in [5.41, 5.74) is 5.62. The number of nitro groups is 1. The minimum Gasteiger partial charge on any atom is -0.324 e. The predicted molar refractivity (Wildman–Crippen MR) is 71.8 cm³/mol. The summed E-state index contributed by atoms with van der Waals surface area (Å²) in [7, 11) is 1.68. The molecule has 0 saturated carbocycles. The van der Waals surface area contributed by atoms with Gasteiger partial charge in [0.2, 0.25) is 11.7 Å². The summed E-state index contributed by atoms with van der Waals surface area (Å²) in [6.07, 6.45) is 3.02. The average Bonchev–Trinajstić information content (AvgIpc) is 2.86. The maximum Gasteiger partial charge on any atom is 0.306 e. The molecule has 0 radical (unpaired) electrons. The lowest BCUT2D eigenvalue weighted by Crippen LogP contribution is -2.27. The highest BCUT2D eigenvalue weighted by molar-refractivity contribution is 5.95. The molecule has 2 rings (SSSR count). The van der Waals surface area contributed by atoms with Crippen LogP contribution >= 0.6 is 0 Å². The standard InChI is InChI=1S/C12H12FN5O3/c1-17-6-7(5-15-17)11(14)12(19)16-8-2-3-9(13)10(4-8)18(20)21/h2-6,11H,14H2,1H3,(H,16,19). The summed E-state index contributed by atoms with van der Waals surface area (Å²) >= 11 is 0. The fraction of sp³-hybridized carbons (Fsp3) is 0.167. The van der Waals surface area contributed by atoms with Crippen LogP contribution in [0.3, 0.4) is 0 Å². The maximum absolute atomic E-state index is 13.2. The number of aromatic nitrogens is 2. The van der Waals surface area contributed by atoms with Crippen LogP contribution < -0.4 is 11.1 Å². The molecule has 21 heavy (non-hydrogen) atoms. The van der Waals surface area contributed by atoms with E-state index in [0.717, 1.165) is 12.1 Å². The van der Waals surface area contributed by atoms with Gasteiger partial charge in [-0.25, -0.2) is 0 Å². The van der Waals surface area contributed by atoms with Crippen molar-refractivity contribution in [2.24, 2.45) is 12.8 Å². The Morgan fingerprint density at radius 1 is 1.57 bits per heavy atom. The number of aryl methyl sites for hydroxylation is 1. The molecule has 3 N–H and O–H groups in total. The number of nitro benzene ring substituents is 1. The summed E-state index contributed by atoms with van der Waals surface area (Å²) in [5, 5.41) is 16.9. The van der Waals surface area contributed by atoms with Crippen LogP contribution in [0.25, 0.3) is 0 Å². The summed E-state index contributed by atoms with van der Waals surface area (Å²) in [6.45, 7) is 0. The van der Waals surface area contributed by atoms with Crippen LogP contribution in [0.2, 0.25) is 0 Å². The van der Waals surface area contributed by atoms with Crippen LogP contribution in [0.15, 0.2) is 30.6 Å². The number of halogens is 1. The van der Waals surface area contributed by atoms with Crippen molar-refractivity contribution in [3.63, 3.8) is 0 Å².